The normalized spacial score (nSPS) is 36.4. The van der Waals surface area contributed by atoms with E-state index in [1.165, 1.54) is 5.56 Å². The third-order valence-corrected chi connectivity index (χ3v) is 5.39. The lowest BCUT2D eigenvalue weighted by atomic mass is 9.76. The Bertz CT molecular complexity index is 433. The fourth-order valence-electron chi connectivity index (χ4n) is 3.19. The molecule has 2 nitrogen and oxygen atoms in total. The summed E-state index contributed by atoms with van der Waals surface area (Å²) < 4.78 is 0. The van der Waals surface area contributed by atoms with Gasteiger partial charge in [0.1, 0.15) is 0 Å². The standard InChI is InChI=1S/C14H17NOS/c1-10-7-14(9-17-10)8-12(16)15-13(14)11-5-3-2-4-6-11/h2-6,10,13H,7-9H2,1H3,(H,15,16). The largest absolute Gasteiger partial charge is 0.349 e. The van der Waals surface area contributed by atoms with Crippen LogP contribution in [0.4, 0.5) is 0 Å². The minimum absolute atomic E-state index is 0.155. The van der Waals surface area contributed by atoms with Gasteiger partial charge < -0.3 is 5.32 Å². The monoisotopic (exact) mass is 247 g/mol. The van der Waals surface area contributed by atoms with E-state index >= 15 is 0 Å². The zero-order chi connectivity index (χ0) is 11.9. The van der Waals surface area contributed by atoms with Gasteiger partial charge in [0, 0.05) is 22.8 Å². The Morgan fingerprint density at radius 2 is 2.12 bits per heavy atom. The lowest BCUT2D eigenvalue weighted by Crippen LogP contribution is -2.29. The number of nitrogens with one attached hydrogen (secondary N) is 1. The number of thioether (sulfide) groups is 1. The molecule has 17 heavy (non-hydrogen) atoms. The van der Waals surface area contributed by atoms with Gasteiger partial charge in [-0.3, -0.25) is 4.79 Å². The average Bonchev–Trinajstić information content (AvgIpc) is 2.84. The predicted octanol–water partition coefficient (Wildman–Crippen LogP) is 2.76. The molecule has 3 unspecified atom stereocenters. The molecular formula is C14H17NOS. The van der Waals surface area contributed by atoms with Crippen LogP contribution in [0.2, 0.25) is 0 Å². The first-order valence-corrected chi connectivity index (χ1v) is 7.20. The van der Waals surface area contributed by atoms with Crippen molar-refractivity contribution in [3.63, 3.8) is 0 Å². The van der Waals surface area contributed by atoms with E-state index in [0.717, 1.165) is 12.2 Å². The van der Waals surface area contributed by atoms with E-state index < -0.39 is 0 Å². The quantitative estimate of drug-likeness (QED) is 0.826. The summed E-state index contributed by atoms with van der Waals surface area (Å²) in [7, 11) is 0. The maximum absolute atomic E-state index is 11.8. The summed E-state index contributed by atoms with van der Waals surface area (Å²) in [5, 5.41) is 3.85. The molecule has 1 amide bonds. The molecule has 0 bridgehead atoms. The number of amides is 1. The number of carbonyl (C=O) groups excluding carboxylic acids is 1. The van der Waals surface area contributed by atoms with Gasteiger partial charge in [0.2, 0.25) is 5.91 Å². The second-order valence-electron chi connectivity index (χ2n) is 5.28. The molecule has 3 heteroatoms. The van der Waals surface area contributed by atoms with Crippen molar-refractivity contribution >= 4 is 17.7 Å². The van der Waals surface area contributed by atoms with Crippen LogP contribution >= 0.6 is 11.8 Å². The van der Waals surface area contributed by atoms with Gasteiger partial charge >= 0.3 is 0 Å². The predicted molar refractivity (Wildman–Crippen MR) is 70.9 cm³/mol. The summed E-state index contributed by atoms with van der Waals surface area (Å²) in [6.45, 7) is 2.27. The number of carbonyl (C=O) groups is 1. The molecule has 2 aliphatic rings. The number of hydrogen-bond acceptors (Lipinski definition) is 2. The highest BCUT2D eigenvalue weighted by molar-refractivity contribution is 8.00. The van der Waals surface area contributed by atoms with Crippen LogP contribution in [0.5, 0.6) is 0 Å². The van der Waals surface area contributed by atoms with Crippen molar-refractivity contribution in [3.05, 3.63) is 35.9 Å². The summed E-state index contributed by atoms with van der Waals surface area (Å²) in [4.78, 5) is 11.8. The first-order chi connectivity index (χ1) is 8.20. The molecule has 1 aromatic rings. The summed E-state index contributed by atoms with van der Waals surface area (Å²) in [6, 6.07) is 10.6. The fraction of sp³-hybridized carbons (Fsp3) is 0.500. The molecule has 3 atom stereocenters. The van der Waals surface area contributed by atoms with Crippen LogP contribution in [0.15, 0.2) is 30.3 Å². The first kappa shape index (κ1) is 11.1. The lowest BCUT2D eigenvalue weighted by molar-refractivity contribution is -0.119. The smallest absolute Gasteiger partial charge is 0.221 e. The van der Waals surface area contributed by atoms with Crippen LogP contribution in [0.25, 0.3) is 0 Å². The Morgan fingerprint density at radius 1 is 1.35 bits per heavy atom. The third-order valence-electron chi connectivity index (χ3n) is 3.91. The third kappa shape index (κ3) is 1.86. The zero-order valence-corrected chi connectivity index (χ0v) is 10.8. The van der Waals surface area contributed by atoms with Gasteiger partial charge in [-0.25, -0.2) is 0 Å². The van der Waals surface area contributed by atoms with E-state index in [0.29, 0.717) is 11.7 Å². The van der Waals surface area contributed by atoms with Gasteiger partial charge in [0.15, 0.2) is 0 Å². The molecule has 2 aliphatic heterocycles. The van der Waals surface area contributed by atoms with Crippen LogP contribution in [0.3, 0.4) is 0 Å². The van der Waals surface area contributed by atoms with Crippen molar-refractivity contribution in [2.24, 2.45) is 5.41 Å². The maximum atomic E-state index is 11.8. The molecule has 1 aromatic carbocycles. The van der Waals surface area contributed by atoms with Gasteiger partial charge in [-0.1, -0.05) is 37.3 Å². The Labute approximate surface area is 106 Å². The summed E-state index contributed by atoms with van der Waals surface area (Å²) in [5.41, 5.74) is 1.41. The van der Waals surface area contributed by atoms with Crippen molar-refractivity contribution in [3.8, 4) is 0 Å². The number of hydrogen-bond donors (Lipinski definition) is 1. The SMILES string of the molecule is CC1CC2(CS1)CC(=O)NC2c1ccccc1. The van der Waals surface area contributed by atoms with Gasteiger partial charge in [0.25, 0.3) is 0 Å². The molecule has 1 N–H and O–H groups in total. The van der Waals surface area contributed by atoms with Gasteiger partial charge in [-0.15, -0.1) is 0 Å². The van der Waals surface area contributed by atoms with E-state index in [1.807, 2.05) is 17.8 Å². The Balaban J connectivity index is 1.95. The van der Waals surface area contributed by atoms with Crippen molar-refractivity contribution in [2.45, 2.75) is 31.1 Å². The van der Waals surface area contributed by atoms with Crippen LogP contribution in [0.1, 0.15) is 31.4 Å². The fourth-order valence-corrected chi connectivity index (χ4v) is 4.65. The molecule has 2 heterocycles. The van der Waals surface area contributed by atoms with Gasteiger partial charge in [-0.05, 0) is 12.0 Å². The molecule has 2 saturated heterocycles. The second kappa shape index (κ2) is 4.05. The Morgan fingerprint density at radius 3 is 2.76 bits per heavy atom. The molecule has 90 valence electrons. The first-order valence-electron chi connectivity index (χ1n) is 6.16. The van der Waals surface area contributed by atoms with Crippen LogP contribution < -0.4 is 5.32 Å². The van der Waals surface area contributed by atoms with Gasteiger partial charge in [-0.2, -0.15) is 11.8 Å². The zero-order valence-electron chi connectivity index (χ0n) is 9.98. The molecule has 2 fully saturated rings. The van der Waals surface area contributed by atoms with Crippen LogP contribution in [-0.2, 0) is 4.79 Å². The highest BCUT2D eigenvalue weighted by atomic mass is 32.2. The minimum Gasteiger partial charge on any atom is -0.349 e. The van der Waals surface area contributed by atoms with Crippen molar-refractivity contribution in [2.75, 3.05) is 5.75 Å². The molecular weight excluding hydrogens is 230 g/mol. The molecule has 1 spiro atoms. The molecule has 0 saturated carbocycles. The minimum atomic E-state index is 0.155. The maximum Gasteiger partial charge on any atom is 0.221 e. The van der Waals surface area contributed by atoms with Crippen LogP contribution in [-0.4, -0.2) is 16.9 Å². The van der Waals surface area contributed by atoms with E-state index in [1.54, 1.807) is 0 Å². The lowest BCUT2D eigenvalue weighted by Gasteiger charge is -2.29. The molecule has 0 aliphatic carbocycles. The van der Waals surface area contributed by atoms with Crippen molar-refractivity contribution < 1.29 is 4.79 Å². The van der Waals surface area contributed by atoms with E-state index in [4.69, 9.17) is 0 Å². The second-order valence-corrected chi connectivity index (χ2v) is 6.70. The highest BCUT2D eigenvalue weighted by Crippen LogP contribution is 2.53. The summed E-state index contributed by atoms with van der Waals surface area (Å²) in [6.07, 6.45) is 1.85. The number of benzene rings is 1. The van der Waals surface area contributed by atoms with E-state index in [-0.39, 0.29) is 17.4 Å². The molecule has 0 aromatic heterocycles. The average molecular weight is 247 g/mol. The Hall–Kier alpha value is -0.960. The summed E-state index contributed by atoms with van der Waals surface area (Å²) >= 11 is 2.00. The summed E-state index contributed by atoms with van der Waals surface area (Å²) in [5.74, 6) is 1.32. The van der Waals surface area contributed by atoms with Crippen molar-refractivity contribution in [1.29, 1.82) is 0 Å². The molecule has 0 radical (unpaired) electrons. The number of rotatable bonds is 1. The van der Waals surface area contributed by atoms with Gasteiger partial charge in [0.05, 0.1) is 6.04 Å². The van der Waals surface area contributed by atoms with Crippen molar-refractivity contribution in [1.82, 2.24) is 5.32 Å². The van der Waals surface area contributed by atoms with E-state index in [2.05, 4.69) is 36.5 Å². The van der Waals surface area contributed by atoms with E-state index in [9.17, 15) is 4.79 Å². The molecule has 3 rings (SSSR count). The Kier molecular flexibility index (Phi) is 2.66. The topological polar surface area (TPSA) is 29.1 Å². The highest BCUT2D eigenvalue weighted by Gasteiger charge is 2.51. The van der Waals surface area contributed by atoms with Crippen LogP contribution in [0, 0.1) is 5.41 Å².